The van der Waals surface area contributed by atoms with Gasteiger partial charge in [0.2, 0.25) is 0 Å². The summed E-state index contributed by atoms with van der Waals surface area (Å²) in [6.07, 6.45) is 0. The van der Waals surface area contributed by atoms with Gasteiger partial charge in [0.1, 0.15) is 5.82 Å². The zero-order chi connectivity index (χ0) is 23.2. The fourth-order valence-corrected chi connectivity index (χ4v) is 3.59. The predicted molar refractivity (Wildman–Crippen MR) is 124 cm³/mol. The van der Waals surface area contributed by atoms with Crippen molar-refractivity contribution in [3.8, 4) is 11.4 Å². The predicted octanol–water partition coefficient (Wildman–Crippen LogP) is 3.48. The van der Waals surface area contributed by atoms with E-state index in [1.54, 1.807) is 19.2 Å². The highest BCUT2D eigenvalue weighted by molar-refractivity contribution is 5.75. The van der Waals surface area contributed by atoms with E-state index in [1.807, 2.05) is 60.7 Å². The van der Waals surface area contributed by atoms with Crippen LogP contribution in [-0.4, -0.2) is 26.9 Å². The van der Waals surface area contributed by atoms with Crippen molar-refractivity contribution >= 4 is 6.03 Å². The van der Waals surface area contributed by atoms with Crippen LogP contribution in [-0.2, 0) is 13.6 Å². The third-order valence-electron chi connectivity index (χ3n) is 5.29. The molecule has 0 atom stereocenters. The minimum absolute atomic E-state index is 0.197. The van der Waals surface area contributed by atoms with Gasteiger partial charge in [-0.1, -0.05) is 60.7 Å². The third kappa shape index (κ3) is 5.17. The van der Waals surface area contributed by atoms with E-state index in [9.17, 15) is 14.0 Å². The molecule has 2 amide bonds. The topological polar surface area (TPSA) is 81.0 Å². The van der Waals surface area contributed by atoms with Gasteiger partial charge in [-0.05, 0) is 35.4 Å². The Morgan fingerprint density at radius 1 is 0.939 bits per heavy atom. The molecular weight excluding hydrogens is 421 g/mol. The second kappa shape index (κ2) is 9.95. The number of urea groups is 1. The first-order chi connectivity index (χ1) is 16.0. The van der Waals surface area contributed by atoms with Gasteiger partial charge in [0, 0.05) is 19.2 Å². The van der Waals surface area contributed by atoms with E-state index in [1.165, 1.54) is 21.4 Å². The van der Waals surface area contributed by atoms with Crippen LogP contribution in [0.1, 0.15) is 17.2 Å². The summed E-state index contributed by atoms with van der Waals surface area (Å²) in [5.41, 5.74) is 2.24. The van der Waals surface area contributed by atoms with E-state index in [0.29, 0.717) is 11.4 Å². The number of carbonyl (C=O) groups excluding carboxylic acids is 1. The van der Waals surface area contributed by atoms with Gasteiger partial charge in [0.15, 0.2) is 5.82 Å². The number of amides is 2. The molecule has 0 fully saturated rings. The summed E-state index contributed by atoms with van der Waals surface area (Å²) < 4.78 is 15.9. The maximum absolute atomic E-state index is 13.2. The largest absolute Gasteiger partial charge is 0.345 e. The van der Waals surface area contributed by atoms with Gasteiger partial charge in [-0.25, -0.2) is 18.7 Å². The van der Waals surface area contributed by atoms with Crippen molar-refractivity contribution in [3.05, 3.63) is 112 Å². The fraction of sp³-hybridized carbons (Fsp3) is 0.160. The Bertz CT molecular complexity index is 1230. The molecule has 1 heterocycles. The molecule has 168 valence electrons. The highest BCUT2D eigenvalue weighted by Crippen LogP contribution is 2.21. The van der Waals surface area contributed by atoms with Crippen molar-refractivity contribution in [2.24, 2.45) is 7.05 Å². The number of nitrogens with one attached hydrogen (secondary N) is 2. The molecule has 0 bridgehead atoms. The minimum Gasteiger partial charge on any atom is -0.336 e. The number of halogens is 1. The highest BCUT2D eigenvalue weighted by atomic mass is 19.1. The maximum atomic E-state index is 13.2. The Labute approximate surface area is 190 Å². The molecule has 7 nitrogen and oxygen atoms in total. The number of aromatic nitrogens is 3. The summed E-state index contributed by atoms with van der Waals surface area (Å²) in [5, 5.41) is 10.1. The SMILES string of the molecule is Cn1c(-c2ccc(F)cc2)nn(CCNC(=O)NC(c2ccccc2)c2ccccc2)c1=O. The molecule has 0 saturated carbocycles. The fourth-order valence-electron chi connectivity index (χ4n) is 3.59. The van der Waals surface area contributed by atoms with Crippen molar-refractivity contribution in [3.63, 3.8) is 0 Å². The number of carbonyl (C=O) groups is 1. The lowest BCUT2D eigenvalue weighted by atomic mass is 9.99. The maximum Gasteiger partial charge on any atom is 0.345 e. The van der Waals surface area contributed by atoms with Gasteiger partial charge in [-0.15, -0.1) is 5.10 Å². The van der Waals surface area contributed by atoms with Crippen LogP contribution in [0.5, 0.6) is 0 Å². The summed E-state index contributed by atoms with van der Waals surface area (Å²) >= 11 is 0. The van der Waals surface area contributed by atoms with E-state index in [0.717, 1.165) is 11.1 Å². The van der Waals surface area contributed by atoms with Crippen LogP contribution in [0.4, 0.5) is 9.18 Å². The van der Waals surface area contributed by atoms with Crippen LogP contribution in [0.15, 0.2) is 89.7 Å². The number of hydrogen-bond acceptors (Lipinski definition) is 3. The van der Waals surface area contributed by atoms with E-state index < -0.39 is 0 Å². The average molecular weight is 445 g/mol. The van der Waals surface area contributed by atoms with Crippen LogP contribution in [0.3, 0.4) is 0 Å². The average Bonchev–Trinajstić information content (AvgIpc) is 3.13. The van der Waals surface area contributed by atoms with Gasteiger partial charge in [0.25, 0.3) is 0 Å². The molecule has 0 aliphatic heterocycles. The Balaban J connectivity index is 1.41. The third-order valence-corrected chi connectivity index (χ3v) is 5.29. The standard InChI is InChI=1S/C25H24FN5O2/c1-30-23(20-12-14-21(26)15-13-20)29-31(25(30)33)17-16-27-24(32)28-22(18-8-4-2-5-9-18)19-10-6-3-7-11-19/h2-15,22H,16-17H2,1H3,(H2,27,28,32). The molecular formula is C25H24FN5O2. The Kier molecular flexibility index (Phi) is 6.64. The summed E-state index contributed by atoms with van der Waals surface area (Å²) in [6, 6.07) is 24.5. The Hall–Kier alpha value is -4.20. The number of hydrogen-bond donors (Lipinski definition) is 2. The quantitative estimate of drug-likeness (QED) is 0.457. The van der Waals surface area contributed by atoms with Gasteiger partial charge < -0.3 is 10.6 Å². The number of nitrogens with zero attached hydrogens (tertiary/aromatic N) is 3. The van der Waals surface area contributed by atoms with E-state index in [2.05, 4.69) is 15.7 Å². The van der Waals surface area contributed by atoms with Gasteiger partial charge in [0.05, 0.1) is 12.6 Å². The first-order valence-corrected chi connectivity index (χ1v) is 10.6. The molecule has 4 aromatic rings. The van der Waals surface area contributed by atoms with Crippen molar-refractivity contribution in [2.45, 2.75) is 12.6 Å². The van der Waals surface area contributed by atoms with Crippen molar-refractivity contribution in [1.82, 2.24) is 25.0 Å². The van der Waals surface area contributed by atoms with Crippen LogP contribution in [0.25, 0.3) is 11.4 Å². The first kappa shape index (κ1) is 22.0. The normalized spacial score (nSPS) is 10.9. The molecule has 3 aromatic carbocycles. The van der Waals surface area contributed by atoms with Crippen LogP contribution >= 0.6 is 0 Å². The summed E-state index contributed by atoms with van der Waals surface area (Å²) in [4.78, 5) is 25.1. The smallest absolute Gasteiger partial charge is 0.336 e. The lowest BCUT2D eigenvalue weighted by Crippen LogP contribution is -2.40. The molecule has 0 aliphatic carbocycles. The van der Waals surface area contributed by atoms with Gasteiger partial charge in [-0.3, -0.25) is 4.57 Å². The molecule has 0 radical (unpaired) electrons. The molecule has 2 N–H and O–H groups in total. The van der Waals surface area contributed by atoms with E-state index >= 15 is 0 Å². The zero-order valence-corrected chi connectivity index (χ0v) is 18.1. The van der Waals surface area contributed by atoms with Crippen LogP contribution < -0.4 is 16.3 Å². The number of rotatable bonds is 7. The second-order valence-corrected chi connectivity index (χ2v) is 7.55. The molecule has 0 saturated heterocycles. The molecule has 8 heteroatoms. The van der Waals surface area contributed by atoms with Gasteiger partial charge >= 0.3 is 11.7 Å². The van der Waals surface area contributed by atoms with Crippen molar-refractivity contribution in [2.75, 3.05) is 6.54 Å². The summed E-state index contributed by atoms with van der Waals surface area (Å²) in [7, 11) is 1.61. The number of benzene rings is 3. The molecule has 0 spiro atoms. The van der Waals surface area contributed by atoms with Crippen molar-refractivity contribution in [1.29, 1.82) is 0 Å². The Morgan fingerprint density at radius 2 is 1.52 bits per heavy atom. The molecule has 4 rings (SSSR count). The first-order valence-electron chi connectivity index (χ1n) is 10.6. The lowest BCUT2D eigenvalue weighted by molar-refractivity contribution is 0.238. The monoisotopic (exact) mass is 445 g/mol. The molecule has 0 unspecified atom stereocenters. The molecule has 1 aromatic heterocycles. The minimum atomic E-state index is -0.359. The molecule has 33 heavy (non-hydrogen) atoms. The lowest BCUT2D eigenvalue weighted by Gasteiger charge is -2.20. The Morgan fingerprint density at radius 3 is 2.09 bits per heavy atom. The second-order valence-electron chi connectivity index (χ2n) is 7.55. The molecule has 0 aliphatic rings. The zero-order valence-electron chi connectivity index (χ0n) is 18.1. The summed E-state index contributed by atoms with van der Waals surface area (Å²) in [5.74, 6) is 0.0698. The van der Waals surface area contributed by atoms with E-state index in [-0.39, 0.29) is 36.7 Å². The van der Waals surface area contributed by atoms with Crippen LogP contribution in [0, 0.1) is 5.82 Å². The highest BCUT2D eigenvalue weighted by Gasteiger charge is 2.17. The van der Waals surface area contributed by atoms with E-state index in [4.69, 9.17) is 0 Å². The van der Waals surface area contributed by atoms with Crippen molar-refractivity contribution < 1.29 is 9.18 Å². The van der Waals surface area contributed by atoms with Gasteiger partial charge in [-0.2, -0.15) is 0 Å². The summed E-state index contributed by atoms with van der Waals surface area (Å²) in [6.45, 7) is 0.407. The van der Waals surface area contributed by atoms with Crippen LogP contribution in [0.2, 0.25) is 0 Å².